The van der Waals surface area contributed by atoms with Crippen LogP contribution in [0.1, 0.15) is 13.3 Å². The number of hydrogen-bond acceptors (Lipinski definition) is 3. The number of carbonyl (C=O) groups is 1. The molecule has 0 bridgehead atoms. The van der Waals surface area contributed by atoms with E-state index < -0.39 is 0 Å². The number of carbonyl (C=O) groups excluding carboxylic acids is 1. The van der Waals surface area contributed by atoms with Crippen molar-refractivity contribution in [2.24, 2.45) is 5.92 Å². The van der Waals surface area contributed by atoms with Gasteiger partial charge in [-0.2, -0.15) is 0 Å². The topological polar surface area (TPSA) is 61.8 Å². The van der Waals surface area contributed by atoms with Gasteiger partial charge in [-0.25, -0.2) is 10.3 Å². The highest BCUT2D eigenvalue weighted by Gasteiger charge is 2.33. The summed E-state index contributed by atoms with van der Waals surface area (Å²) in [6, 6.07) is -0.346. The second kappa shape index (κ2) is 4.43. The highest BCUT2D eigenvalue weighted by atomic mass is 16.6. The summed E-state index contributed by atoms with van der Waals surface area (Å²) in [4.78, 5) is 17.5. The first kappa shape index (κ1) is 10.3. The first-order valence-corrected chi connectivity index (χ1v) is 4.41. The van der Waals surface area contributed by atoms with Crippen molar-refractivity contribution in [3.63, 3.8) is 0 Å². The molecule has 0 aromatic heterocycles. The van der Waals surface area contributed by atoms with Gasteiger partial charge in [0.25, 0.3) is 0 Å². The van der Waals surface area contributed by atoms with Crippen LogP contribution in [0.4, 0.5) is 4.79 Å². The highest BCUT2D eigenvalue weighted by Crippen LogP contribution is 2.23. The number of hydrogen-bond donors (Lipinski definition) is 2. The molecule has 0 saturated carbocycles. The van der Waals surface area contributed by atoms with Crippen LogP contribution in [-0.2, 0) is 4.84 Å². The van der Waals surface area contributed by atoms with Crippen LogP contribution >= 0.6 is 0 Å². The Kier molecular flexibility index (Phi) is 3.50. The van der Waals surface area contributed by atoms with Gasteiger partial charge in [-0.15, -0.1) is 0 Å². The molecule has 0 aromatic carbocycles. The van der Waals surface area contributed by atoms with Crippen molar-refractivity contribution in [3.05, 3.63) is 0 Å². The third-order valence-corrected chi connectivity index (χ3v) is 2.52. The molecule has 1 saturated heterocycles. The highest BCUT2D eigenvalue weighted by molar-refractivity contribution is 5.73. The van der Waals surface area contributed by atoms with E-state index in [0.717, 1.165) is 6.42 Å². The standard InChI is InChI=1S/C8H16N2O3/c1-6-3-4-10(7(6)5-11)8(12)9-13-2/h6-7,11H,3-5H2,1-2H3,(H,9,12). The van der Waals surface area contributed by atoms with E-state index in [1.54, 1.807) is 4.90 Å². The quantitative estimate of drug-likeness (QED) is 0.598. The van der Waals surface area contributed by atoms with Crippen LogP contribution in [0.3, 0.4) is 0 Å². The number of nitrogens with zero attached hydrogens (tertiary/aromatic N) is 1. The molecule has 76 valence electrons. The van der Waals surface area contributed by atoms with E-state index in [1.165, 1.54) is 7.11 Å². The fourth-order valence-electron chi connectivity index (χ4n) is 1.68. The number of urea groups is 1. The van der Waals surface area contributed by atoms with E-state index in [1.807, 2.05) is 6.92 Å². The maximum Gasteiger partial charge on any atom is 0.341 e. The second-order valence-electron chi connectivity index (χ2n) is 3.32. The van der Waals surface area contributed by atoms with Crippen molar-refractivity contribution in [2.45, 2.75) is 19.4 Å². The van der Waals surface area contributed by atoms with Gasteiger partial charge >= 0.3 is 6.03 Å². The van der Waals surface area contributed by atoms with E-state index in [2.05, 4.69) is 10.3 Å². The fraction of sp³-hybridized carbons (Fsp3) is 0.875. The average Bonchev–Trinajstić information content (AvgIpc) is 2.47. The lowest BCUT2D eigenvalue weighted by Gasteiger charge is -2.24. The van der Waals surface area contributed by atoms with Crippen LogP contribution in [-0.4, -0.2) is 42.3 Å². The summed E-state index contributed by atoms with van der Waals surface area (Å²) in [6.45, 7) is 2.72. The summed E-state index contributed by atoms with van der Waals surface area (Å²) in [5, 5.41) is 9.06. The lowest BCUT2D eigenvalue weighted by Crippen LogP contribution is -2.45. The summed E-state index contributed by atoms with van der Waals surface area (Å²) >= 11 is 0. The van der Waals surface area contributed by atoms with Crippen LogP contribution in [0.15, 0.2) is 0 Å². The first-order valence-electron chi connectivity index (χ1n) is 4.41. The molecule has 2 amide bonds. The zero-order chi connectivity index (χ0) is 9.84. The summed E-state index contributed by atoms with van der Waals surface area (Å²) in [6.07, 6.45) is 0.933. The molecule has 1 rings (SSSR count). The van der Waals surface area contributed by atoms with Gasteiger partial charge in [0.15, 0.2) is 0 Å². The SMILES string of the molecule is CONC(=O)N1CCC(C)C1CO. The van der Waals surface area contributed by atoms with Gasteiger partial charge < -0.3 is 10.0 Å². The zero-order valence-corrected chi connectivity index (χ0v) is 7.99. The summed E-state index contributed by atoms with van der Waals surface area (Å²) < 4.78 is 0. The van der Waals surface area contributed by atoms with Crippen molar-refractivity contribution >= 4 is 6.03 Å². The Morgan fingerprint density at radius 2 is 2.46 bits per heavy atom. The van der Waals surface area contributed by atoms with Crippen LogP contribution in [0.2, 0.25) is 0 Å². The lowest BCUT2D eigenvalue weighted by molar-refractivity contribution is 0.0740. The maximum atomic E-state index is 11.3. The number of amides is 2. The molecular weight excluding hydrogens is 172 g/mol. The van der Waals surface area contributed by atoms with Crippen molar-refractivity contribution in [1.29, 1.82) is 0 Å². The molecule has 1 fully saturated rings. The van der Waals surface area contributed by atoms with E-state index in [0.29, 0.717) is 12.5 Å². The van der Waals surface area contributed by atoms with Crippen molar-refractivity contribution in [2.75, 3.05) is 20.3 Å². The largest absolute Gasteiger partial charge is 0.394 e. The summed E-state index contributed by atoms with van der Waals surface area (Å²) in [7, 11) is 1.39. The van der Waals surface area contributed by atoms with Crippen LogP contribution in [0.5, 0.6) is 0 Å². The predicted octanol–water partition coefficient (Wildman–Crippen LogP) is -0.0399. The Balaban J connectivity index is 2.54. The molecule has 2 unspecified atom stereocenters. The number of rotatable bonds is 2. The van der Waals surface area contributed by atoms with Gasteiger partial charge in [-0.3, -0.25) is 4.84 Å². The number of hydroxylamine groups is 1. The van der Waals surface area contributed by atoms with Crippen LogP contribution < -0.4 is 5.48 Å². The molecule has 0 aliphatic carbocycles. The fourth-order valence-corrected chi connectivity index (χ4v) is 1.68. The Morgan fingerprint density at radius 1 is 1.77 bits per heavy atom. The Hall–Kier alpha value is -0.810. The minimum Gasteiger partial charge on any atom is -0.394 e. The van der Waals surface area contributed by atoms with Crippen LogP contribution in [0.25, 0.3) is 0 Å². The van der Waals surface area contributed by atoms with E-state index in [9.17, 15) is 4.79 Å². The third-order valence-electron chi connectivity index (χ3n) is 2.52. The van der Waals surface area contributed by atoms with Gasteiger partial charge in [-0.05, 0) is 12.3 Å². The average molecular weight is 188 g/mol. The number of likely N-dealkylation sites (tertiary alicyclic amines) is 1. The molecule has 5 nitrogen and oxygen atoms in total. The molecular formula is C8H16N2O3. The molecule has 1 aliphatic rings. The van der Waals surface area contributed by atoms with Gasteiger partial charge in [0.1, 0.15) is 0 Å². The summed E-state index contributed by atoms with van der Waals surface area (Å²) in [5.74, 6) is 0.354. The van der Waals surface area contributed by atoms with E-state index in [4.69, 9.17) is 5.11 Å². The lowest BCUT2D eigenvalue weighted by atomic mass is 10.0. The van der Waals surface area contributed by atoms with E-state index >= 15 is 0 Å². The molecule has 1 aliphatic heterocycles. The molecule has 5 heteroatoms. The minimum absolute atomic E-state index is 0.0122. The Bertz CT molecular complexity index is 186. The monoisotopic (exact) mass is 188 g/mol. The second-order valence-corrected chi connectivity index (χ2v) is 3.32. The molecule has 2 N–H and O–H groups in total. The molecule has 1 heterocycles. The van der Waals surface area contributed by atoms with Crippen molar-refractivity contribution in [1.82, 2.24) is 10.4 Å². The zero-order valence-electron chi connectivity index (χ0n) is 7.99. The maximum absolute atomic E-state index is 11.3. The smallest absolute Gasteiger partial charge is 0.341 e. The van der Waals surface area contributed by atoms with Gasteiger partial charge in [0.2, 0.25) is 0 Å². The number of aliphatic hydroxyl groups excluding tert-OH is 1. The molecule has 0 spiro atoms. The Morgan fingerprint density at radius 3 is 3.00 bits per heavy atom. The third kappa shape index (κ3) is 2.10. The van der Waals surface area contributed by atoms with Gasteiger partial charge in [0.05, 0.1) is 19.8 Å². The molecule has 0 aromatic rings. The predicted molar refractivity (Wildman–Crippen MR) is 46.9 cm³/mol. The first-order chi connectivity index (χ1) is 6.20. The van der Waals surface area contributed by atoms with Gasteiger partial charge in [-0.1, -0.05) is 6.92 Å². The molecule has 2 atom stereocenters. The van der Waals surface area contributed by atoms with Gasteiger partial charge in [0, 0.05) is 6.54 Å². The van der Waals surface area contributed by atoms with Crippen LogP contribution in [0, 0.1) is 5.92 Å². The normalized spacial score (nSPS) is 27.8. The van der Waals surface area contributed by atoms with E-state index in [-0.39, 0.29) is 18.7 Å². The summed E-state index contributed by atoms with van der Waals surface area (Å²) in [5.41, 5.74) is 2.25. The Labute approximate surface area is 77.6 Å². The number of nitrogens with one attached hydrogen (secondary N) is 1. The van der Waals surface area contributed by atoms with Crippen molar-refractivity contribution < 1.29 is 14.7 Å². The molecule has 13 heavy (non-hydrogen) atoms. The van der Waals surface area contributed by atoms with Crippen molar-refractivity contribution in [3.8, 4) is 0 Å². The number of aliphatic hydroxyl groups is 1. The molecule has 0 radical (unpaired) electrons. The minimum atomic E-state index is -0.272.